The second kappa shape index (κ2) is 4.59. The number of rotatable bonds is 2. The van der Waals surface area contributed by atoms with Gasteiger partial charge >= 0.3 is 0 Å². The Morgan fingerprint density at radius 3 is 2.95 bits per heavy atom. The summed E-state index contributed by atoms with van der Waals surface area (Å²) in [6, 6.07) is 9.04. The average Bonchev–Trinajstić information content (AvgIpc) is 2.68. The predicted molar refractivity (Wildman–Crippen MR) is 75.2 cm³/mol. The SMILES string of the molecule is Cc1cc2c(cc1F)[nH]c(=S)n2Cc1ccccn1. The summed E-state index contributed by atoms with van der Waals surface area (Å²) in [5.41, 5.74) is 3.14. The Morgan fingerprint density at radius 1 is 1.37 bits per heavy atom. The Kier molecular flexibility index (Phi) is 2.91. The summed E-state index contributed by atoms with van der Waals surface area (Å²) in [7, 11) is 0. The van der Waals surface area contributed by atoms with Crippen molar-refractivity contribution in [1.82, 2.24) is 14.5 Å². The van der Waals surface area contributed by atoms with E-state index in [4.69, 9.17) is 12.2 Å². The van der Waals surface area contributed by atoms with Crippen LogP contribution in [0.15, 0.2) is 36.5 Å². The van der Waals surface area contributed by atoms with Gasteiger partial charge in [-0.15, -0.1) is 0 Å². The number of benzene rings is 1. The number of fused-ring (bicyclic) bond motifs is 1. The van der Waals surface area contributed by atoms with Crippen molar-refractivity contribution in [1.29, 1.82) is 0 Å². The highest BCUT2D eigenvalue weighted by molar-refractivity contribution is 7.71. The minimum atomic E-state index is -0.228. The summed E-state index contributed by atoms with van der Waals surface area (Å²) in [6.07, 6.45) is 1.75. The van der Waals surface area contributed by atoms with Crippen LogP contribution in [0.2, 0.25) is 0 Å². The molecule has 0 aliphatic carbocycles. The number of nitrogens with zero attached hydrogens (tertiary/aromatic N) is 2. The van der Waals surface area contributed by atoms with Gasteiger partial charge in [0.15, 0.2) is 4.77 Å². The van der Waals surface area contributed by atoms with Gasteiger partial charge in [-0.2, -0.15) is 0 Å². The lowest BCUT2D eigenvalue weighted by Gasteiger charge is -2.04. The van der Waals surface area contributed by atoms with Crippen LogP contribution in [0.4, 0.5) is 4.39 Å². The molecule has 1 N–H and O–H groups in total. The van der Waals surface area contributed by atoms with Crippen molar-refractivity contribution in [3.05, 3.63) is 58.4 Å². The summed E-state index contributed by atoms with van der Waals surface area (Å²) in [5.74, 6) is -0.228. The molecule has 0 bridgehead atoms. The number of imidazole rings is 1. The van der Waals surface area contributed by atoms with E-state index < -0.39 is 0 Å². The lowest BCUT2D eigenvalue weighted by molar-refractivity contribution is 0.620. The van der Waals surface area contributed by atoms with Crippen LogP contribution in [-0.2, 0) is 6.54 Å². The Hall–Kier alpha value is -2.01. The number of nitrogens with one attached hydrogen (secondary N) is 1. The molecule has 0 atom stereocenters. The first-order chi connectivity index (χ1) is 9.15. The molecule has 0 amide bonds. The first-order valence-electron chi connectivity index (χ1n) is 5.94. The van der Waals surface area contributed by atoms with E-state index in [9.17, 15) is 4.39 Å². The van der Waals surface area contributed by atoms with E-state index in [-0.39, 0.29) is 5.82 Å². The van der Waals surface area contributed by atoms with E-state index in [1.54, 1.807) is 19.2 Å². The Labute approximate surface area is 114 Å². The van der Waals surface area contributed by atoms with Crippen molar-refractivity contribution in [2.45, 2.75) is 13.5 Å². The number of aryl methyl sites for hydroxylation is 1. The first-order valence-corrected chi connectivity index (χ1v) is 6.34. The van der Waals surface area contributed by atoms with Gasteiger partial charge in [0.2, 0.25) is 0 Å². The summed E-state index contributed by atoms with van der Waals surface area (Å²) >= 11 is 5.30. The van der Waals surface area contributed by atoms with E-state index in [2.05, 4.69) is 9.97 Å². The van der Waals surface area contributed by atoms with Crippen LogP contribution in [0.25, 0.3) is 11.0 Å². The zero-order valence-electron chi connectivity index (χ0n) is 10.4. The molecule has 0 spiro atoms. The number of aromatic nitrogens is 3. The van der Waals surface area contributed by atoms with Crippen molar-refractivity contribution in [2.24, 2.45) is 0 Å². The monoisotopic (exact) mass is 273 g/mol. The average molecular weight is 273 g/mol. The number of H-pyrrole nitrogens is 1. The smallest absolute Gasteiger partial charge is 0.178 e. The minimum Gasteiger partial charge on any atom is -0.330 e. The highest BCUT2D eigenvalue weighted by Crippen LogP contribution is 2.19. The molecule has 2 aromatic heterocycles. The fourth-order valence-corrected chi connectivity index (χ4v) is 2.37. The number of hydrogen-bond acceptors (Lipinski definition) is 2. The Bertz CT molecular complexity index is 790. The van der Waals surface area contributed by atoms with Gasteiger partial charge in [0.05, 0.1) is 23.3 Å². The van der Waals surface area contributed by atoms with Crippen LogP contribution in [0.3, 0.4) is 0 Å². The molecule has 1 aromatic carbocycles. The molecule has 0 unspecified atom stereocenters. The molecule has 3 aromatic rings. The first kappa shape index (κ1) is 12.0. The van der Waals surface area contributed by atoms with Crippen LogP contribution in [0.1, 0.15) is 11.3 Å². The third-order valence-electron chi connectivity index (χ3n) is 3.10. The third-order valence-corrected chi connectivity index (χ3v) is 3.42. The standard InChI is InChI=1S/C14H12FN3S/c1-9-6-13-12(7-11(9)15)17-14(19)18(13)8-10-4-2-3-5-16-10/h2-7H,8H2,1H3,(H,17,19). The molecule has 0 radical (unpaired) electrons. The molecular weight excluding hydrogens is 261 g/mol. The van der Waals surface area contributed by atoms with E-state index in [0.29, 0.717) is 22.4 Å². The second-order valence-electron chi connectivity index (χ2n) is 4.46. The minimum absolute atomic E-state index is 0.228. The fourth-order valence-electron chi connectivity index (χ4n) is 2.09. The Balaban J connectivity index is 2.16. The highest BCUT2D eigenvalue weighted by Gasteiger charge is 2.08. The molecule has 96 valence electrons. The number of halogens is 1. The van der Waals surface area contributed by atoms with E-state index >= 15 is 0 Å². The van der Waals surface area contributed by atoms with Gasteiger partial charge in [-0.25, -0.2) is 4.39 Å². The van der Waals surface area contributed by atoms with Gasteiger partial charge in [0.1, 0.15) is 5.82 Å². The molecule has 0 aliphatic heterocycles. The van der Waals surface area contributed by atoms with E-state index in [1.807, 2.05) is 22.8 Å². The van der Waals surface area contributed by atoms with Gasteiger partial charge in [-0.3, -0.25) is 4.98 Å². The van der Waals surface area contributed by atoms with Crippen molar-refractivity contribution >= 4 is 23.3 Å². The number of hydrogen-bond donors (Lipinski definition) is 1. The van der Waals surface area contributed by atoms with Crippen LogP contribution in [0.5, 0.6) is 0 Å². The van der Waals surface area contributed by atoms with Crippen LogP contribution >= 0.6 is 12.2 Å². The third kappa shape index (κ3) is 2.17. The molecule has 0 aliphatic rings. The van der Waals surface area contributed by atoms with Crippen molar-refractivity contribution < 1.29 is 4.39 Å². The molecule has 3 nitrogen and oxygen atoms in total. The maximum absolute atomic E-state index is 13.5. The fraction of sp³-hybridized carbons (Fsp3) is 0.143. The van der Waals surface area contributed by atoms with Crippen molar-refractivity contribution in [2.75, 3.05) is 0 Å². The van der Waals surface area contributed by atoms with Gasteiger partial charge in [0.25, 0.3) is 0 Å². The molecule has 5 heteroatoms. The van der Waals surface area contributed by atoms with Gasteiger partial charge in [-0.1, -0.05) is 6.07 Å². The number of pyridine rings is 1. The zero-order valence-corrected chi connectivity index (χ0v) is 11.2. The van der Waals surface area contributed by atoms with Crippen LogP contribution < -0.4 is 0 Å². The van der Waals surface area contributed by atoms with Crippen molar-refractivity contribution in [3.63, 3.8) is 0 Å². The summed E-state index contributed by atoms with van der Waals surface area (Å²) < 4.78 is 16.0. The largest absolute Gasteiger partial charge is 0.330 e. The zero-order chi connectivity index (χ0) is 13.4. The van der Waals surface area contributed by atoms with Gasteiger partial charge in [-0.05, 0) is 49.0 Å². The summed E-state index contributed by atoms with van der Waals surface area (Å²) in [5, 5.41) is 0. The normalized spacial score (nSPS) is 11.1. The highest BCUT2D eigenvalue weighted by atomic mass is 32.1. The maximum atomic E-state index is 13.5. The topological polar surface area (TPSA) is 33.6 Å². The molecule has 0 saturated heterocycles. The van der Waals surface area contributed by atoms with Gasteiger partial charge < -0.3 is 9.55 Å². The van der Waals surface area contributed by atoms with E-state index in [1.165, 1.54) is 6.07 Å². The number of aromatic amines is 1. The van der Waals surface area contributed by atoms with Crippen molar-refractivity contribution in [3.8, 4) is 0 Å². The second-order valence-corrected chi connectivity index (χ2v) is 4.84. The molecule has 0 saturated carbocycles. The lowest BCUT2D eigenvalue weighted by atomic mass is 10.2. The molecule has 2 heterocycles. The quantitative estimate of drug-likeness (QED) is 0.724. The summed E-state index contributed by atoms with van der Waals surface area (Å²) in [6.45, 7) is 2.32. The van der Waals surface area contributed by atoms with E-state index in [0.717, 1.165) is 11.2 Å². The molecule has 3 rings (SSSR count). The van der Waals surface area contributed by atoms with Crippen LogP contribution in [-0.4, -0.2) is 14.5 Å². The molecule has 19 heavy (non-hydrogen) atoms. The molecular formula is C14H12FN3S. The lowest BCUT2D eigenvalue weighted by Crippen LogP contribution is -2.01. The van der Waals surface area contributed by atoms with Gasteiger partial charge in [0, 0.05) is 6.20 Å². The van der Waals surface area contributed by atoms with Crippen LogP contribution in [0, 0.1) is 17.5 Å². The predicted octanol–water partition coefficient (Wildman–Crippen LogP) is 3.59. The Morgan fingerprint density at radius 2 is 2.21 bits per heavy atom. The maximum Gasteiger partial charge on any atom is 0.178 e. The summed E-state index contributed by atoms with van der Waals surface area (Å²) in [4.78, 5) is 7.31. The molecule has 0 fully saturated rings.